The Kier molecular flexibility index (Phi) is 8.04. The molecule has 0 spiro atoms. The molecule has 4 unspecified atom stereocenters. The molecule has 4 aliphatic carbocycles. The molecule has 0 aliphatic heterocycles. The van der Waals surface area contributed by atoms with Crippen LogP contribution in [-0.2, 0) is 0 Å². The van der Waals surface area contributed by atoms with E-state index in [2.05, 4.69) is 27.7 Å². The molecule has 9 atom stereocenters. The van der Waals surface area contributed by atoms with Gasteiger partial charge in [0.1, 0.15) is 0 Å². The van der Waals surface area contributed by atoms with E-state index in [1.807, 2.05) is 13.8 Å². The molecule has 2 N–H and O–H groups in total. The van der Waals surface area contributed by atoms with Crippen molar-refractivity contribution in [2.75, 3.05) is 0 Å². The number of aliphatic hydroxyl groups excluding tert-OH is 2. The van der Waals surface area contributed by atoms with Gasteiger partial charge in [-0.25, -0.2) is 0 Å². The van der Waals surface area contributed by atoms with E-state index in [4.69, 9.17) is 0 Å². The summed E-state index contributed by atoms with van der Waals surface area (Å²) in [6.07, 6.45) is 15.3. The van der Waals surface area contributed by atoms with Gasteiger partial charge in [-0.05, 0) is 117 Å². The van der Waals surface area contributed by atoms with Crippen molar-refractivity contribution in [3.8, 4) is 0 Å². The predicted octanol–water partition coefficient (Wildman–Crippen LogP) is 7.22. The zero-order valence-corrected chi connectivity index (χ0v) is 21.0. The Morgan fingerprint density at radius 1 is 0.867 bits per heavy atom. The third-order valence-corrected chi connectivity index (χ3v) is 10.7. The minimum Gasteiger partial charge on any atom is -0.393 e. The van der Waals surface area contributed by atoms with Crippen LogP contribution in [0.25, 0.3) is 0 Å². The highest BCUT2D eigenvalue weighted by Gasteiger charge is 2.59. The summed E-state index contributed by atoms with van der Waals surface area (Å²) >= 11 is 0. The van der Waals surface area contributed by atoms with Crippen LogP contribution >= 0.6 is 0 Å². The van der Waals surface area contributed by atoms with E-state index in [-0.39, 0.29) is 12.2 Å². The molecule has 4 rings (SSSR count). The summed E-state index contributed by atoms with van der Waals surface area (Å²) in [5.41, 5.74) is 1.06. The first-order chi connectivity index (χ1) is 14.3. The maximum absolute atomic E-state index is 10.2. The van der Waals surface area contributed by atoms with Crippen LogP contribution in [0.5, 0.6) is 0 Å². The van der Waals surface area contributed by atoms with Crippen molar-refractivity contribution in [1.29, 1.82) is 0 Å². The van der Waals surface area contributed by atoms with Gasteiger partial charge in [-0.15, -0.1) is 0 Å². The number of hydrogen-bond donors (Lipinski definition) is 2. The number of aliphatic hydroxyl groups is 2. The Balaban J connectivity index is 0.00000124. The van der Waals surface area contributed by atoms with Gasteiger partial charge in [0.05, 0.1) is 12.2 Å². The lowest BCUT2D eigenvalue weighted by Gasteiger charge is -2.61. The molecule has 2 heteroatoms. The molecule has 0 bridgehead atoms. The summed E-state index contributed by atoms with van der Waals surface area (Å²) in [6.45, 7) is 13.5. The lowest BCUT2D eigenvalue weighted by molar-refractivity contribution is -0.127. The summed E-state index contributed by atoms with van der Waals surface area (Å²) in [7, 11) is 0. The van der Waals surface area contributed by atoms with Gasteiger partial charge >= 0.3 is 0 Å². The summed E-state index contributed by atoms with van der Waals surface area (Å²) in [4.78, 5) is 0. The van der Waals surface area contributed by atoms with Crippen LogP contribution in [0.3, 0.4) is 0 Å². The van der Waals surface area contributed by atoms with Crippen LogP contribution in [0, 0.1) is 46.3 Å². The highest BCUT2D eigenvalue weighted by Crippen LogP contribution is 2.67. The molecular weight excluding hydrogens is 368 g/mol. The Morgan fingerprint density at radius 3 is 2.23 bits per heavy atom. The summed E-state index contributed by atoms with van der Waals surface area (Å²) in [5, 5.41) is 20.4. The van der Waals surface area contributed by atoms with Crippen LogP contribution < -0.4 is 0 Å². The van der Waals surface area contributed by atoms with Crippen LogP contribution in [-0.4, -0.2) is 22.4 Å². The Morgan fingerprint density at radius 2 is 1.53 bits per heavy atom. The molecular formula is C28H52O2. The van der Waals surface area contributed by atoms with E-state index in [1.54, 1.807) is 0 Å². The molecule has 4 aliphatic rings. The molecule has 4 fully saturated rings. The van der Waals surface area contributed by atoms with Crippen molar-refractivity contribution < 1.29 is 10.2 Å². The number of fused-ring (bicyclic) bond motifs is 5. The minimum absolute atomic E-state index is 0.0273. The van der Waals surface area contributed by atoms with Gasteiger partial charge < -0.3 is 10.2 Å². The molecule has 176 valence electrons. The third-order valence-electron chi connectivity index (χ3n) is 10.7. The molecule has 0 aromatic rings. The van der Waals surface area contributed by atoms with Gasteiger partial charge in [-0.3, -0.25) is 0 Å². The largest absolute Gasteiger partial charge is 0.393 e. The van der Waals surface area contributed by atoms with Crippen LogP contribution in [0.2, 0.25) is 0 Å². The van der Waals surface area contributed by atoms with Crippen LogP contribution in [0.4, 0.5) is 0 Å². The Labute approximate surface area is 187 Å². The fraction of sp³-hybridized carbons (Fsp3) is 1.00. The molecule has 0 aromatic heterocycles. The molecule has 0 radical (unpaired) electrons. The SMILES string of the molecule is CC.CC(C)C(O)CCC[C@H]1CCC2[C@@H]3CCC4C[C@@H](O)CC[C@]4(C)C3CC[C@@]21C. The lowest BCUT2D eigenvalue weighted by atomic mass is 9.44. The first-order valence-corrected chi connectivity index (χ1v) is 13.6. The van der Waals surface area contributed by atoms with E-state index in [9.17, 15) is 10.2 Å². The summed E-state index contributed by atoms with van der Waals surface area (Å²) < 4.78 is 0. The van der Waals surface area contributed by atoms with Gasteiger partial charge in [0.25, 0.3) is 0 Å². The maximum atomic E-state index is 10.2. The van der Waals surface area contributed by atoms with E-state index in [0.717, 1.165) is 48.9 Å². The smallest absolute Gasteiger partial charge is 0.0563 e. The molecule has 0 amide bonds. The zero-order chi connectivity index (χ0) is 22.1. The molecule has 0 saturated heterocycles. The third kappa shape index (κ3) is 4.39. The molecule has 0 heterocycles. The van der Waals surface area contributed by atoms with E-state index in [1.165, 1.54) is 57.8 Å². The first-order valence-electron chi connectivity index (χ1n) is 13.6. The number of hydrogen-bond acceptors (Lipinski definition) is 2. The second-order valence-electron chi connectivity index (χ2n) is 12.1. The number of rotatable bonds is 5. The van der Waals surface area contributed by atoms with Gasteiger partial charge in [0.15, 0.2) is 0 Å². The Hall–Kier alpha value is -0.0800. The summed E-state index contributed by atoms with van der Waals surface area (Å²) in [6, 6.07) is 0. The first kappa shape index (κ1) is 24.6. The monoisotopic (exact) mass is 420 g/mol. The van der Waals surface area contributed by atoms with Crippen LogP contribution in [0.15, 0.2) is 0 Å². The minimum atomic E-state index is -0.113. The lowest BCUT2D eigenvalue weighted by Crippen LogP contribution is -2.53. The van der Waals surface area contributed by atoms with E-state index >= 15 is 0 Å². The quantitative estimate of drug-likeness (QED) is 0.493. The van der Waals surface area contributed by atoms with Crippen LogP contribution in [0.1, 0.15) is 119 Å². The average Bonchev–Trinajstić information content (AvgIpc) is 3.06. The van der Waals surface area contributed by atoms with Gasteiger partial charge in [0.2, 0.25) is 0 Å². The fourth-order valence-electron chi connectivity index (χ4n) is 8.73. The second kappa shape index (κ2) is 9.82. The van der Waals surface area contributed by atoms with Crippen molar-refractivity contribution in [3.63, 3.8) is 0 Å². The predicted molar refractivity (Wildman–Crippen MR) is 127 cm³/mol. The fourth-order valence-corrected chi connectivity index (χ4v) is 8.73. The van der Waals surface area contributed by atoms with Crippen molar-refractivity contribution >= 4 is 0 Å². The van der Waals surface area contributed by atoms with Crippen molar-refractivity contribution in [2.45, 2.75) is 131 Å². The highest BCUT2D eigenvalue weighted by atomic mass is 16.3. The maximum Gasteiger partial charge on any atom is 0.0563 e. The molecule has 2 nitrogen and oxygen atoms in total. The van der Waals surface area contributed by atoms with Gasteiger partial charge in [-0.2, -0.15) is 0 Å². The standard InChI is InChI=1S/C26H46O2.C2H6/c1-17(2)24(28)7-5-6-18-9-11-22-21-10-8-19-16-20(27)12-14-26(19,4)23(21)13-15-25(18,22)3;1-2/h17-24,27-28H,5-16H2,1-4H3;1-2H3/t18-,19?,20-,21-,22?,23?,24?,25+,26-;/m0./s1. The molecule has 0 aromatic carbocycles. The van der Waals surface area contributed by atoms with Crippen molar-refractivity contribution in [3.05, 3.63) is 0 Å². The highest BCUT2D eigenvalue weighted by molar-refractivity contribution is 5.09. The van der Waals surface area contributed by atoms with Gasteiger partial charge in [0, 0.05) is 0 Å². The second-order valence-corrected chi connectivity index (χ2v) is 12.1. The topological polar surface area (TPSA) is 40.5 Å². The molecule has 30 heavy (non-hydrogen) atoms. The average molecular weight is 421 g/mol. The van der Waals surface area contributed by atoms with Gasteiger partial charge in [-0.1, -0.05) is 48.0 Å². The normalized spacial score (nSPS) is 46.3. The van der Waals surface area contributed by atoms with E-state index < -0.39 is 0 Å². The summed E-state index contributed by atoms with van der Waals surface area (Å²) in [5.74, 6) is 4.86. The Bertz CT molecular complexity index is 545. The van der Waals surface area contributed by atoms with E-state index in [0.29, 0.717) is 16.7 Å². The zero-order valence-electron chi connectivity index (χ0n) is 21.0. The van der Waals surface area contributed by atoms with Crippen molar-refractivity contribution in [2.24, 2.45) is 46.3 Å². The van der Waals surface area contributed by atoms with Crippen molar-refractivity contribution in [1.82, 2.24) is 0 Å². The molecule has 4 saturated carbocycles.